The van der Waals surface area contributed by atoms with Crippen molar-refractivity contribution >= 4 is 35.1 Å². The number of anilines is 1. The number of ether oxygens (including phenoxy) is 1. The number of piperidine rings is 1. The van der Waals surface area contributed by atoms with E-state index in [1.54, 1.807) is 31.2 Å². The fourth-order valence-corrected chi connectivity index (χ4v) is 3.81. The van der Waals surface area contributed by atoms with Gasteiger partial charge in [0, 0.05) is 5.02 Å². The zero-order valence-electron chi connectivity index (χ0n) is 14.2. The second-order valence-electron chi connectivity index (χ2n) is 6.50. The SMILES string of the molecule is CCOC(=O)[C@@H]1CCC[NH+]([C@H]2CC(=O)N(c3ccc(Cl)cc3)C2=O)C1. The second kappa shape index (κ2) is 7.54. The number of rotatable bonds is 4. The van der Waals surface area contributed by atoms with Gasteiger partial charge in [-0.25, -0.2) is 4.90 Å². The summed E-state index contributed by atoms with van der Waals surface area (Å²) in [5.74, 6) is -0.808. The first-order chi connectivity index (χ1) is 12.0. The van der Waals surface area contributed by atoms with Crippen LogP contribution in [0.15, 0.2) is 24.3 Å². The van der Waals surface area contributed by atoms with Crippen LogP contribution in [0.25, 0.3) is 0 Å². The zero-order chi connectivity index (χ0) is 18.0. The van der Waals surface area contributed by atoms with Crippen LogP contribution in [0.2, 0.25) is 5.02 Å². The molecule has 2 heterocycles. The Labute approximate surface area is 151 Å². The van der Waals surface area contributed by atoms with Gasteiger partial charge in [0.25, 0.3) is 5.91 Å². The highest BCUT2D eigenvalue weighted by Gasteiger charge is 2.47. The second-order valence-corrected chi connectivity index (χ2v) is 6.94. The van der Waals surface area contributed by atoms with Crippen LogP contribution in [0.3, 0.4) is 0 Å². The number of carbonyl (C=O) groups is 3. The molecule has 1 aromatic rings. The lowest BCUT2D eigenvalue weighted by Gasteiger charge is -2.31. The number of carbonyl (C=O) groups excluding carboxylic acids is 3. The number of halogens is 1. The summed E-state index contributed by atoms with van der Waals surface area (Å²) in [6.07, 6.45) is 1.79. The molecule has 134 valence electrons. The third kappa shape index (κ3) is 3.70. The van der Waals surface area contributed by atoms with Crippen molar-refractivity contribution in [3.63, 3.8) is 0 Å². The molecule has 3 rings (SSSR count). The van der Waals surface area contributed by atoms with Gasteiger partial charge < -0.3 is 9.64 Å². The largest absolute Gasteiger partial charge is 0.466 e. The molecular formula is C18H22ClN2O4+. The van der Waals surface area contributed by atoms with Crippen LogP contribution < -0.4 is 9.80 Å². The number of amides is 2. The minimum atomic E-state index is -0.430. The van der Waals surface area contributed by atoms with Crippen molar-refractivity contribution < 1.29 is 24.0 Å². The van der Waals surface area contributed by atoms with Gasteiger partial charge in [-0.2, -0.15) is 0 Å². The first-order valence-corrected chi connectivity index (χ1v) is 9.02. The third-order valence-electron chi connectivity index (χ3n) is 4.90. The van der Waals surface area contributed by atoms with Gasteiger partial charge in [-0.1, -0.05) is 11.6 Å². The molecule has 0 bridgehead atoms. The van der Waals surface area contributed by atoms with Crippen molar-refractivity contribution in [2.75, 3.05) is 24.6 Å². The summed E-state index contributed by atoms with van der Waals surface area (Å²) in [7, 11) is 0. The monoisotopic (exact) mass is 365 g/mol. The molecule has 25 heavy (non-hydrogen) atoms. The van der Waals surface area contributed by atoms with Crippen LogP contribution in [0, 0.1) is 5.92 Å². The summed E-state index contributed by atoms with van der Waals surface area (Å²) in [4.78, 5) is 39.5. The lowest BCUT2D eigenvalue weighted by molar-refractivity contribution is -0.922. The molecule has 2 aliphatic heterocycles. The van der Waals surface area contributed by atoms with Gasteiger partial charge in [0.15, 0.2) is 6.04 Å². The van der Waals surface area contributed by atoms with Gasteiger partial charge in [-0.15, -0.1) is 0 Å². The highest BCUT2D eigenvalue weighted by molar-refractivity contribution is 6.30. The summed E-state index contributed by atoms with van der Waals surface area (Å²) in [5, 5.41) is 0.554. The van der Waals surface area contributed by atoms with Crippen LogP contribution in [0.1, 0.15) is 26.2 Å². The van der Waals surface area contributed by atoms with Crippen molar-refractivity contribution in [2.24, 2.45) is 5.92 Å². The van der Waals surface area contributed by atoms with Crippen molar-refractivity contribution in [3.8, 4) is 0 Å². The Morgan fingerprint density at radius 3 is 2.72 bits per heavy atom. The number of hydrogen-bond acceptors (Lipinski definition) is 4. The van der Waals surface area contributed by atoms with Crippen molar-refractivity contribution in [1.82, 2.24) is 0 Å². The number of benzene rings is 1. The Morgan fingerprint density at radius 1 is 1.32 bits per heavy atom. The van der Waals surface area contributed by atoms with E-state index in [0.717, 1.165) is 24.3 Å². The number of hydrogen-bond donors (Lipinski definition) is 1. The Hall–Kier alpha value is -1.92. The summed E-state index contributed by atoms with van der Waals surface area (Å²) in [6.45, 7) is 3.47. The van der Waals surface area contributed by atoms with E-state index >= 15 is 0 Å². The maximum Gasteiger partial charge on any atom is 0.314 e. The van der Waals surface area contributed by atoms with E-state index in [2.05, 4.69) is 0 Å². The summed E-state index contributed by atoms with van der Waals surface area (Å²) in [6, 6.07) is 6.24. The summed E-state index contributed by atoms with van der Waals surface area (Å²) in [5.41, 5.74) is 0.542. The molecule has 1 N–H and O–H groups in total. The number of esters is 1. The number of quaternary nitrogens is 1. The molecule has 1 unspecified atom stereocenters. The molecule has 3 atom stereocenters. The van der Waals surface area contributed by atoms with E-state index in [-0.39, 0.29) is 30.1 Å². The van der Waals surface area contributed by atoms with Gasteiger partial charge in [-0.05, 0) is 44.0 Å². The lowest BCUT2D eigenvalue weighted by Crippen LogP contribution is -3.18. The molecule has 2 saturated heterocycles. The van der Waals surface area contributed by atoms with Gasteiger partial charge in [0.2, 0.25) is 5.91 Å². The quantitative estimate of drug-likeness (QED) is 0.634. The van der Waals surface area contributed by atoms with E-state index < -0.39 is 6.04 Å². The van der Waals surface area contributed by atoms with Crippen LogP contribution in [-0.4, -0.2) is 43.5 Å². The molecule has 2 aliphatic rings. The van der Waals surface area contributed by atoms with E-state index in [0.29, 0.717) is 23.9 Å². The van der Waals surface area contributed by atoms with E-state index in [1.807, 2.05) is 0 Å². The van der Waals surface area contributed by atoms with E-state index in [4.69, 9.17) is 16.3 Å². The molecular weight excluding hydrogens is 344 g/mol. The summed E-state index contributed by atoms with van der Waals surface area (Å²) >= 11 is 5.88. The zero-order valence-corrected chi connectivity index (χ0v) is 14.9. The standard InChI is InChI=1S/C18H21ClN2O4/c1-2-25-18(24)12-4-3-9-20(11-12)15-10-16(22)21(17(15)23)14-7-5-13(19)6-8-14/h5-8,12,15H,2-4,9-11H2,1H3/p+1/t12-,15+/m1/s1. The molecule has 2 fully saturated rings. The highest BCUT2D eigenvalue weighted by Crippen LogP contribution is 2.24. The molecule has 0 spiro atoms. The molecule has 1 aromatic carbocycles. The van der Waals surface area contributed by atoms with Gasteiger partial charge in [0.1, 0.15) is 5.92 Å². The predicted octanol–water partition coefficient (Wildman–Crippen LogP) is 0.830. The fourth-order valence-electron chi connectivity index (χ4n) is 3.69. The molecule has 7 heteroatoms. The highest BCUT2D eigenvalue weighted by atomic mass is 35.5. The minimum absolute atomic E-state index is 0.173. The van der Waals surface area contributed by atoms with E-state index in [1.165, 1.54) is 4.90 Å². The Kier molecular flexibility index (Phi) is 5.39. The first kappa shape index (κ1) is 17.9. The van der Waals surface area contributed by atoms with Crippen LogP contribution in [0.4, 0.5) is 5.69 Å². The average Bonchev–Trinajstić information content (AvgIpc) is 2.91. The van der Waals surface area contributed by atoms with Crippen molar-refractivity contribution in [2.45, 2.75) is 32.2 Å². The van der Waals surface area contributed by atoms with Gasteiger partial charge in [0.05, 0.1) is 31.8 Å². The van der Waals surface area contributed by atoms with Crippen molar-refractivity contribution in [1.29, 1.82) is 0 Å². The number of imide groups is 1. The van der Waals surface area contributed by atoms with Crippen LogP contribution in [0.5, 0.6) is 0 Å². The molecule has 0 aliphatic carbocycles. The maximum atomic E-state index is 12.8. The number of nitrogens with zero attached hydrogens (tertiary/aromatic N) is 1. The normalized spacial score (nSPS) is 26.8. The minimum Gasteiger partial charge on any atom is -0.466 e. The fraction of sp³-hybridized carbons (Fsp3) is 0.500. The van der Waals surface area contributed by atoms with E-state index in [9.17, 15) is 14.4 Å². The Morgan fingerprint density at radius 2 is 2.04 bits per heavy atom. The molecule has 0 saturated carbocycles. The molecule has 2 amide bonds. The topological polar surface area (TPSA) is 68.1 Å². The van der Waals surface area contributed by atoms with Gasteiger partial charge in [-0.3, -0.25) is 14.4 Å². The molecule has 0 radical (unpaired) electrons. The number of likely N-dealkylation sites (tertiary alicyclic amines) is 1. The smallest absolute Gasteiger partial charge is 0.314 e. The van der Waals surface area contributed by atoms with Crippen molar-refractivity contribution in [3.05, 3.63) is 29.3 Å². The van der Waals surface area contributed by atoms with Crippen LogP contribution >= 0.6 is 11.6 Å². The maximum absolute atomic E-state index is 12.8. The molecule has 6 nitrogen and oxygen atoms in total. The lowest BCUT2D eigenvalue weighted by atomic mass is 9.96. The Bertz CT molecular complexity index is 676. The average molecular weight is 366 g/mol. The Balaban J connectivity index is 1.73. The molecule has 0 aromatic heterocycles. The first-order valence-electron chi connectivity index (χ1n) is 8.64. The predicted molar refractivity (Wildman–Crippen MR) is 92.4 cm³/mol. The van der Waals surface area contributed by atoms with Crippen LogP contribution in [-0.2, 0) is 19.1 Å². The number of nitrogens with one attached hydrogen (secondary N) is 1. The third-order valence-corrected chi connectivity index (χ3v) is 5.16. The summed E-state index contributed by atoms with van der Waals surface area (Å²) < 4.78 is 5.11. The van der Waals surface area contributed by atoms with Gasteiger partial charge >= 0.3 is 5.97 Å².